The van der Waals surface area contributed by atoms with E-state index in [9.17, 15) is 14.4 Å². The molecule has 0 atom stereocenters. The van der Waals surface area contributed by atoms with E-state index in [1.54, 1.807) is 25.3 Å². The van der Waals surface area contributed by atoms with E-state index < -0.39 is 5.92 Å². The Kier molecular flexibility index (Phi) is 5.01. The zero-order valence-electron chi connectivity index (χ0n) is 19.4. The second kappa shape index (κ2) is 7.66. The minimum Gasteiger partial charge on any atom is -0.336 e. The molecule has 0 N–H and O–H groups in total. The minimum absolute atomic E-state index is 0.0415. The molecule has 2 aliphatic carbocycles. The Hall–Kier alpha value is -3.26. The zero-order chi connectivity index (χ0) is 23.4. The van der Waals surface area contributed by atoms with E-state index in [1.807, 2.05) is 36.9 Å². The number of hydrogen-bond acceptors (Lipinski definition) is 4. The predicted octanol–water partition coefficient (Wildman–Crippen LogP) is 4.01. The first-order chi connectivity index (χ1) is 15.7. The second-order valence-electron chi connectivity index (χ2n) is 10.3. The van der Waals surface area contributed by atoms with Crippen molar-refractivity contribution < 1.29 is 14.4 Å². The van der Waals surface area contributed by atoms with Crippen LogP contribution < -0.4 is 0 Å². The highest BCUT2D eigenvalue weighted by atomic mass is 16.2. The molecule has 0 bridgehead atoms. The molecular weight excluding hydrogens is 412 g/mol. The van der Waals surface area contributed by atoms with Crippen molar-refractivity contribution in [3.8, 4) is 11.8 Å². The van der Waals surface area contributed by atoms with Crippen LogP contribution in [0.15, 0.2) is 36.5 Å². The summed E-state index contributed by atoms with van der Waals surface area (Å²) < 4.78 is 0. The fourth-order valence-electron chi connectivity index (χ4n) is 6.73. The molecule has 0 unspecified atom stereocenters. The fourth-order valence-corrected chi connectivity index (χ4v) is 6.73. The van der Waals surface area contributed by atoms with Gasteiger partial charge in [0.25, 0.3) is 5.91 Å². The molecule has 1 aromatic carbocycles. The monoisotopic (exact) mass is 440 g/mol. The van der Waals surface area contributed by atoms with Crippen molar-refractivity contribution >= 4 is 17.5 Å². The maximum absolute atomic E-state index is 13.3. The largest absolute Gasteiger partial charge is 0.336 e. The molecule has 2 heterocycles. The molecule has 5 rings (SSSR count). The van der Waals surface area contributed by atoms with Crippen LogP contribution in [0.2, 0.25) is 0 Å². The van der Waals surface area contributed by atoms with Gasteiger partial charge in [-0.3, -0.25) is 19.4 Å². The number of rotatable bonds is 2. The standard InChI is InChI=1S/C28H28N2O3/c1-4-7-20-10-18(2)24(19(3)11-20)25-22(31)12-27(13-23(25)32)14-28(15-27)16-30(17-28)26(33)21-8-5-6-9-29-21/h5-6,8-11,25H,12-17H2,1-3H3. The van der Waals surface area contributed by atoms with Gasteiger partial charge in [0.05, 0.1) is 0 Å². The van der Waals surface area contributed by atoms with Gasteiger partial charge < -0.3 is 4.90 Å². The van der Waals surface area contributed by atoms with Gasteiger partial charge in [0.15, 0.2) is 0 Å². The van der Waals surface area contributed by atoms with E-state index in [-0.39, 0.29) is 28.3 Å². The summed E-state index contributed by atoms with van der Waals surface area (Å²) in [7, 11) is 0. The fraction of sp³-hybridized carbons (Fsp3) is 0.429. The van der Waals surface area contributed by atoms with E-state index in [2.05, 4.69) is 16.8 Å². The van der Waals surface area contributed by atoms with Crippen LogP contribution in [0.25, 0.3) is 0 Å². The highest BCUT2D eigenvalue weighted by molar-refractivity contribution is 6.10. The number of carbonyl (C=O) groups excluding carboxylic acids is 3. The summed E-state index contributed by atoms with van der Waals surface area (Å²) in [5.41, 5.74) is 4.01. The highest BCUT2D eigenvalue weighted by Gasteiger charge is 2.63. The summed E-state index contributed by atoms with van der Waals surface area (Å²) >= 11 is 0. The number of hydrogen-bond donors (Lipinski definition) is 0. The predicted molar refractivity (Wildman–Crippen MR) is 125 cm³/mol. The molecule has 5 nitrogen and oxygen atoms in total. The average Bonchev–Trinajstić information content (AvgIpc) is 2.72. The quantitative estimate of drug-likeness (QED) is 0.523. The molecule has 1 aliphatic heterocycles. The van der Waals surface area contributed by atoms with Crippen LogP contribution >= 0.6 is 0 Å². The molecular formula is C28H28N2O3. The number of amides is 1. The summed E-state index contributed by atoms with van der Waals surface area (Å²) in [5, 5.41) is 0. The molecule has 0 radical (unpaired) electrons. The van der Waals surface area contributed by atoms with Gasteiger partial charge in [0.2, 0.25) is 0 Å². The van der Waals surface area contributed by atoms with Gasteiger partial charge in [-0.15, -0.1) is 5.92 Å². The molecule has 2 aromatic rings. The number of benzene rings is 1. The van der Waals surface area contributed by atoms with Crippen molar-refractivity contribution in [2.75, 3.05) is 13.1 Å². The van der Waals surface area contributed by atoms with Crippen LogP contribution in [0.4, 0.5) is 0 Å². The van der Waals surface area contributed by atoms with E-state index >= 15 is 0 Å². The summed E-state index contributed by atoms with van der Waals surface area (Å²) in [6.07, 6.45) is 4.23. The van der Waals surface area contributed by atoms with Gasteiger partial charge in [-0.2, -0.15) is 0 Å². The van der Waals surface area contributed by atoms with Crippen molar-refractivity contribution in [3.63, 3.8) is 0 Å². The maximum atomic E-state index is 13.3. The number of carbonyl (C=O) groups is 3. The van der Waals surface area contributed by atoms with Gasteiger partial charge in [-0.25, -0.2) is 0 Å². The van der Waals surface area contributed by atoms with Crippen LogP contribution in [-0.2, 0) is 9.59 Å². The van der Waals surface area contributed by atoms with E-state index in [1.165, 1.54) is 0 Å². The molecule has 3 aliphatic rings. The molecule has 168 valence electrons. The Labute approximate surface area is 194 Å². The van der Waals surface area contributed by atoms with Crippen LogP contribution in [0.5, 0.6) is 0 Å². The van der Waals surface area contributed by atoms with Crippen LogP contribution in [0, 0.1) is 36.5 Å². The van der Waals surface area contributed by atoms with Crippen molar-refractivity contribution in [2.24, 2.45) is 10.8 Å². The van der Waals surface area contributed by atoms with Gasteiger partial charge in [-0.05, 0) is 80.0 Å². The molecule has 2 saturated carbocycles. The third-order valence-electron chi connectivity index (χ3n) is 7.62. The molecule has 1 amide bonds. The number of likely N-dealkylation sites (tertiary alicyclic amines) is 1. The number of aromatic nitrogens is 1. The lowest BCUT2D eigenvalue weighted by Crippen LogP contribution is -2.68. The SMILES string of the molecule is CC#Cc1cc(C)c(C2C(=O)CC3(CC2=O)CC2(CN(C(=O)c4ccccn4)C2)C3)c(C)c1. The smallest absolute Gasteiger partial charge is 0.272 e. The second-order valence-corrected chi connectivity index (χ2v) is 10.3. The summed E-state index contributed by atoms with van der Waals surface area (Å²) in [6, 6.07) is 9.30. The lowest BCUT2D eigenvalue weighted by Gasteiger charge is -2.65. The molecule has 1 saturated heterocycles. The number of ketones is 2. The number of Topliss-reactive ketones (excluding diaryl/α,β-unsaturated/α-hetero) is 2. The third kappa shape index (κ3) is 3.58. The van der Waals surface area contributed by atoms with Crippen molar-refractivity contribution in [1.82, 2.24) is 9.88 Å². The summed E-state index contributed by atoms with van der Waals surface area (Å²) in [6.45, 7) is 7.11. The number of aryl methyl sites for hydroxylation is 2. The first kappa shape index (κ1) is 21.6. The Morgan fingerprint density at radius 3 is 2.21 bits per heavy atom. The van der Waals surface area contributed by atoms with Gasteiger partial charge in [-0.1, -0.05) is 12.0 Å². The number of pyridine rings is 1. The van der Waals surface area contributed by atoms with Gasteiger partial charge in [0.1, 0.15) is 23.2 Å². The Morgan fingerprint density at radius 2 is 1.67 bits per heavy atom. The highest BCUT2D eigenvalue weighted by Crippen LogP contribution is 2.64. The van der Waals surface area contributed by atoms with Crippen molar-refractivity contribution in [3.05, 3.63) is 64.5 Å². The molecule has 2 spiro atoms. The van der Waals surface area contributed by atoms with E-state index in [0.29, 0.717) is 31.6 Å². The first-order valence-electron chi connectivity index (χ1n) is 11.5. The zero-order valence-corrected chi connectivity index (χ0v) is 19.4. The van der Waals surface area contributed by atoms with Gasteiger partial charge >= 0.3 is 0 Å². The Balaban J connectivity index is 1.26. The van der Waals surface area contributed by atoms with E-state index in [4.69, 9.17) is 0 Å². The molecule has 5 heteroatoms. The minimum atomic E-state index is -0.653. The first-order valence-corrected chi connectivity index (χ1v) is 11.5. The van der Waals surface area contributed by atoms with Crippen LogP contribution in [0.1, 0.15) is 71.3 Å². The lowest BCUT2D eigenvalue weighted by molar-refractivity contribution is -0.162. The third-order valence-corrected chi connectivity index (χ3v) is 7.62. The normalized spacial score (nSPS) is 20.8. The average molecular weight is 441 g/mol. The van der Waals surface area contributed by atoms with Crippen LogP contribution in [0.3, 0.4) is 0 Å². The summed E-state index contributed by atoms with van der Waals surface area (Å²) in [5.74, 6) is 5.37. The van der Waals surface area contributed by atoms with Crippen molar-refractivity contribution in [1.29, 1.82) is 0 Å². The number of nitrogens with zero attached hydrogens (tertiary/aromatic N) is 2. The summed E-state index contributed by atoms with van der Waals surface area (Å²) in [4.78, 5) is 45.2. The Bertz CT molecular complexity index is 1180. The topological polar surface area (TPSA) is 67.3 Å². The maximum Gasteiger partial charge on any atom is 0.272 e. The lowest BCUT2D eigenvalue weighted by atomic mass is 9.45. The van der Waals surface area contributed by atoms with Crippen molar-refractivity contribution in [2.45, 2.75) is 52.4 Å². The Morgan fingerprint density at radius 1 is 1.03 bits per heavy atom. The molecule has 33 heavy (non-hydrogen) atoms. The van der Waals surface area contributed by atoms with E-state index in [0.717, 1.165) is 35.1 Å². The van der Waals surface area contributed by atoms with Gasteiger partial charge in [0, 0.05) is 43.1 Å². The van der Waals surface area contributed by atoms with Crippen LogP contribution in [-0.4, -0.2) is 40.4 Å². The molecule has 1 aromatic heterocycles. The molecule has 3 fully saturated rings.